The summed E-state index contributed by atoms with van der Waals surface area (Å²) in [4.78, 5) is 8.62. The molecule has 0 aromatic heterocycles. The molecule has 0 aromatic rings. The highest BCUT2D eigenvalue weighted by Crippen LogP contribution is 2.64. The molecule has 2 nitrogen and oxygen atoms in total. The number of halogens is 5. The number of hydrogen-bond donors (Lipinski definition) is 0. The van der Waals surface area contributed by atoms with E-state index in [1.807, 2.05) is 0 Å². The van der Waals surface area contributed by atoms with Gasteiger partial charge in [-0.3, -0.25) is 0 Å². The van der Waals surface area contributed by atoms with Gasteiger partial charge in [-0.2, -0.15) is 8.78 Å². The standard InChI is InChI=1S/C10H13Cl3F2O2/c1-8(2)4(5(8)7(16)17)6(11)9(3,12)10(13,14)15/h4-6H,1-3H3,(H,16,17)/p-1. The summed E-state index contributed by atoms with van der Waals surface area (Å²) in [5, 5.41) is 5.84. The summed E-state index contributed by atoms with van der Waals surface area (Å²) < 4.78 is 26.2. The molecule has 1 rings (SSSR count). The Morgan fingerprint density at radius 2 is 1.82 bits per heavy atom. The lowest BCUT2D eigenvalue weighted by atomic mass is 9.98. The molecule has 1 fully saturated rings. The zero-order chi connectivity index (χ0) is 13.8. The van der Waals surface area contributed by atoms with Crippen molar-refractivity contribution >= 4 is 40.8 Å². The first-order valence-corrected chi connectivity index (χ1v) is 6.15. The van der Waals surface area contributed by atoms with Gasteiger partial charge in [-0.15, -0.1) is 23.2 Å². The Labute approximate surface area is 113 Å². The van der Waals surface area contributed by atoms with Crippen LogP contribution in [-0.4, -0.2) is 21.6 Å². The normalized spacial score (nSPS) is 32.7. The molecule has 17 heavy (non-hydrogen) atoms. The molecule has 0 bridgehead atoms. The molecule has 0 spiro atoms. The lowest BCUT2D eigenvalue weighted by molar-refractivity contribution is -0.309. The van der Waals surface area contributed by atoms with E-state index in [2.05, 4.69) is 0 Å². The van der Waals surface area contributed by atoms with Crippen molar-refractivity contribution in [3.8, 4) is 0 Å². The van der Waals surface area contributed by atoms with Crippen LogP contribution in [0.25, 0.3) is 0 Å². The van der Waals surface area contributed by atoms with E-state index in [1.165, 1.54) is 0 Å². The lowest BCUT2D eigenvalue weighted by Gasteiger charge is -2.32. The number of carboxylic acid groups (broad SMARTS) is 1. The van der Waals surface area contributed by atoms with Crippen LogP contribution in [0, 0.1) is 17.3 Å². The topological polar surface area (TPSA) is 40.1 Å². The third-order valence-electron chi connectivity index (χ3n) is 3.55. The minimum absolute atomic E-state index is 0.693. The highest BCUT2D eigenvalue weighted by Gasteiger charge is 2.67. The van der Waals surface area contributed by atoms with E-state index in [4.69, 9.17) is 34.8 Å². The van der Waals surface area contributed by atoms with Gasteiger partial charge in [0, 0.05) is 11.9 Å². The third kappa shape index (κ3) is 2.36. The van der Waals surface area contributed by atoms with Crippen LogP contribution in [0.4, 0.5) is 8.78 Å². The number of aliphatic carboxylic acids is 1. The van der Waals surface area contributed by atoms with Gasteiger partial charge in [0.05, 0.1) is 5.38 Å². The lowest BCUT2D eigenvalue weighted by Crippen LogP contribution is -2.46. The van der Waals surface area contributed by atoms with E-state index >= 15 is 0 Å². The van der Waals surface area contributed by atoms with Crippen LogP contribution in [0.1, 0.15) is 20.8 Å². The van der Waals surface area contributed by atoms with Crippen molar-refractivity contribution in [2.24, 2.45) is 17.3 Å². The van der Waals surface area contributed by atoms with Crippen molar-refractivity contribution in [3.63, 3.8) is 0 Å². The van der Waals surface area contributed by atoms with Gasteiger partial charge in [0.2, 0.25) is 0 Å². The maximum Gasteiger partial charge on any atom is 0.341 e. The Bertz CT molecular complexity index is 339. The van der Waals surface area contributed by atoms with Gasteiger partial charge in [0.15, 0.2) is 0 Å². The number of alkyl halides is 5. The average Bonchev–Trinajstić information content (AvgIpc) is 2.65. The van der Waals surface area contributed by atoms with Crippen LogP contribution >= 0.6 is 34.8 Å². The molecule has 4 atom stereocenters. The minimum Gasteiger partial charge on any atom is -0.550 e. The Morgan fingerprint density at radius 1 is 1.41 bits per heavy atom. The van der Waals surface area contributed by atoms with Crippen molar-refractivity contribution in [1.82, 2.24) is 0 Å². The van der Waals surface area contributed by atoms with E-state index in [9.17, 15) is 18.7 Å². The molecule has 0 saturated heterocycles. The highest BCUT2D eigenvalue weighted by atomic mass is 35.5. The molecule has 1 saturated carbocycles. The largest absolute Gasteiger partial charge is 0.550 e. The van der Waals surface area contributed by atoms with E-state index < -0.39 is 38.9 Å². The van der Waals surface area contributed by atoms with Crippen LogP contribution in [0.15, 0.2) is 0 Å². The number of carbonyl (C=O) groups excluding carboxylic acids is 1. The van der Waals surface area contributed by atoms with Gasteiger partial charge < -0.3 is 9.90 Å². The molecule has 0 aromatic carbocycles. The van der Waals surface area contributed by atoms with Gasteiger partial charge in [-0.25, -0.2) is 0 Å². The summed E-state index contributed by atoms with van der Waals surface area (Å²) in [7, 11) is 0. The van der Waals surface area contributed by atoms with Crippen LogP contribution in [0.3, 0.4) is 0 Å². The predicted octanol–water partition coefficient (Wildman–Crippen LogP) is 2.45. The smallest absolute Gasteiger partial charge is 0.341 e. The van der Waals surface area contributed by atoms with E-state index in [0.29, 0.717) is 0 Å². The Hall–Kier alpha value is 0.200. The first-order valence-electron chi connectivity index (χ1n) is 4.95. The minimum atomic E-state index is -3.73. The summed E-state index contributed by atoms with van der Waals surface area (Å²) in [6.07, 6.45) is 0. The van der Waals surface area contributed by atoms with Crippen LogP contribution in [0.2, 0.25) is 0 Å². The molecule has 1 aliphatic rings. The molecule has 0 radical (unpaired) electrons. The second-order valence-electron chi connectivity index (χ2n) is 5.12. The molecular weight excluding hydrogens is 296 g/mol. The van der Waals surface area contributed by atoms with E-state index in [0.717, 1.165) is 6.92 Å². The third-order valence-corrected chi connectivity index (χ3v) is 5.33. The van der Waals surface area contributed by atoms with Gasteiger partial charge in [-0.05, 0) is 29.9 Å². The molecule has 0 heterocycles. The zero-order valence-corrected chi connectivity index (χ0v) is 11.7. The summed E-state index contributed by atoms with van der Waals surface area (Å²) >= 11 is 16.5. The van der Waals surface area contributed by atoms with Crippen LogP contribution < -0.4 is 5.11 Å². The van der Waals surface area contributed by atoms with Gasteiger partial charge in [0.1, 0.15) is 4.87 Å². The fourth-order valence-corrected chi connectivity index (χ4v) is 3.08. The Kier molecular flexibility index (Phi) is 3.68. The van der Waals surface area contributed by atoms with Gasteiger partial charge in [0.25, 0.3) is 0 Å². The van der Waals surface area contributed by atoms with Crippen molar-refractivity contribution in [2.75, 3.05) is 0 Å². The summed E-state index contributed by atoms with van der Waals surface area (Å²) in [5.74, 6) is -2.89. The fraction of sp³-hybridized carbons (Fsp3) is 0.900. The van der Waals surface area contributed by atoms with Crippen molar-refractivity contribution in [1.29, 1.82) is 0 Å². The first-order chi connectivity index (χ1) is 7.35. The summed E-state index contributed by atoms with van der Waals surface area (Å²) in [6, 6.07) is 0. The van der Waals surface area contributed by atoms with Crippen LogP contribution in [-0.2, 0) is 4.79 Å². The Balaban J connectivity index is 2.94. The quantitative estimate of drug-likeness (QED) is 0.748. The second-order valence-corrected chi connectivity index (χ2v) is 6.85. The SMILES string of the molecule is CC1(C)C(C(=O)[O-])C1C(Cl)C(C)(Cl)C(F)(F)Cl. The molecule has 100 valence electrons. The zero-order valence-electron chi connectivity index (χ0n) is 9.44. The molecular formula is C10H12Cl3F2O2-. The second kappa shape index (κ2) is 4.10. The number of carbonyl (C=O) groups is 1. The van der Waals surface area contributed by atoms with Crippen molar-refractivity contribution in [2.45, 2.75) is 36.4 Å². The summed E-state index contributed by atoms with van der Waals surface area (Å²) in [6.45, 7) is 4.24. The number of hydrogen-bond acceptors (Lipinski definition) is 2. The number of carboxylic acids is 1. The molecule has 1 aliphatic carbocycles. The molecule has 0 aliphatic heterocycles. The maximum absolute atomic E-state index is 13.1. The first kappa shape index (κ1) is 15.3. The molecule has 7 heteroatoms. The maximum atomic E-state index is 13.1. The van der Waals surface area contributed by atoms with Crippen LogP contribution in [0.5, 0.6) is 0 Å². The van der Waals surface area contributed by atoms with Gasteiger partial charge >= 0.3 is 5.38 Å². The van der Waals surface area contributed by atoms with Crippen molar-refractivity contribution in [3.05, 3.63) is 0 Å². The average molecular weight is 309 g/mol. The van der Waals surface area contributed by atoms with Gasteiger partial charge in [-0.1, -0.05) is 13.8 Å². The highest BCUT2D eigenvalue weighted by molar-refractivity contribution is 6.38. The van der Waals surface area contributed by atoms with Crippen molar-refractivity contribution < 1.29 is 18.7 Å². The fourth-order valence-electron chi connectivity index (χ4n) is 2.17. The Morgan fingerprint density at radius 3 is 2.06 bits per heavy atom. The monoisotopic (exact) mass is 307 g/mol. The predicted molar refractivity (Wildman–Crippen MR) is 60.5 cm³/mol. The summed E-state index contributed by atoms with van der Waals surface area (Å²) in [5.41, 5.74) is -0.719. The van der Waals surface area contributed by atoms with E-state index in [-0.39, 0.29) is 0 Å². The number of rotatable bonds is 4. The molecule has 0 N–H and O–H groups in total. The molecule has 0 amide bonds. The molecule has 4 unspecified atom stereocenters. The van der Waals surface area contributed by atoms with E-state index in [1.54, 1.807) is 13.8 Å².